The highest BCUT2D eigenvalue weighted by molar-refractivity contribution is 7.90. The first-order valence-electron chi connectivity index (χ1n) is 6.72. The molecular formula is C16H20N2O2S. The largest absolute Gasteiger partial charge is 0.271 e. The van der Waals surface area contributed by atoms with Crippen molar-refractivity contribution >= 4 is 9.84 Å². The molecule has 2 aromatic rings. The number of benzene rings is 2. The fraction of sp³-hybridized carbons (Fsp3) is 0.250. The summed E-state index contributed by atoms with van der Waals surface area (Å²) in [7, 11) is -3.21. The number of hydrogen-bond donors (Lipinski definition) is 2. The second-order valence-corrected chi connectivity index (χ2v) is 7.27. The molecular weight excluding hydrogens is 284 g/mol. The molecule has 0 amide bonds. The molecule has 1 unspecified atom stereocenters. The van der Waals surface area contributed by atoms with Crippen molar-refractivity contribution in [1.29, 1.82) is 0 Å². The number of sulfone groups is 1. The van der Waals surface area contributed by atoms with E-state index in [4.69, 9.17) is 5.84 Å². The minimum atomic E-state index is -3.21. The Balaban J connectivity index is 2.27. The highest BCUT2D eigenvalue weighted by atomic mass is 32.2. The molecule has 0 heterocycles. The van der Waals surface area contributed by atoms with E-state index in [1.165, 1.54) is 11.8 Å². The van der Waals surface area contributed by atoms with Gasteiger partial charge in [0.15, 0.2) is 9.84 Å². The maximum atomic E-state index is 11.6. The van der Waals surface area contributed by atoms with Gasteiger partial charge in [0.25, 0.3) is 0 Å². The van der Waals surface area contributed by atoms with E-state index in [2.05, 4.69) is 29.7 Å². The number of nitrogens with two attached hydrogens (primary N) is 1. The van der Waals surface area contributed by atoms with E-state index in [1.807, 2.05) is 13.0 Å². The van der Waals surface area contributed by atoms with Crippen molar-refractivity contribution in [3.05, 3.63) is 65.2 Å². The van der Waals surface area contributed by atoms with Crippen LogP contribution in [-0.4, -0.2) is 14.7 Å². The molecule has 0 spiro atoms. The zero-order valence-corrected chi connectivity index (χ0v) is 13.0. The topological polar surface area (TPSA) is 72.2 Å². The monoisotopic (exact) mass is 304 g/mol. The summed E-state index contributed by atoms with van der Waals surface area (Å²) in [6, 6.07) is 15.0. The summed E-state index contributed by atoms with van der Waals surface area (Å²) in [6.45, 7) is 2.04. The smallest absolute Gasteiger partial charge is 0.175 e. The van der Waals surface area contributed by atoms with Gasteiger partial charge in [0.1, 0.15) is 0 Å². The van der Waals surface area contributed by atoms with Crippen LogP contribution in [0.5, 0.6) is 0 Å². The van der Waals surface area contributed by atoms with E-state index in [9.17, 15) is 8.42 Å². The molecule has 0 aromatic heterocycles. The van der Waals surface area contributed by atoms with Crippen LogP contribution in [0.25, 0.3) is 0 Å². The summed E-state index contributed by atoms with van der Waals surface area (Å²) < 4.78 is 23.3. The maximum absolute atomic E-state index is 11.6. The average molecular weight is 304 g/mol. The minimum absolute atomic E-state index is 0.130. The molecule has 0 aliphatic rings. The van der Waals surface area contributed by atoms with Gasteiger partial charge in [-0.25, -0.2) is 8.42 Å². The fourth-order valence-electron chi connectivity index (χ4n) is 2.19. The van der Waals surface area contributed by atoms with Crippen LogP contribution in [0.1, 0.15) is 22.7 Å². The van der Waals surface area contributed by atoms with Gasteiger partial charge >= 0.3 is 0 Å². The number of aryl methyl sites for hydroxylation is 1. The van der Waals surface area contributed by atoms with Crippen molar-refractivity contribution in [2.45, 2.75) is 24.3 Å². The molecule has 0 fully saturated rings. The Hall–Kier alpha value is -1.69. The SMILES string of the molecule is Cc1ccc(CC(NN)c2cccc(S(C)(=O)=O)c2)cc1. The molecule has 0 saturated heterocycles. The number of rotatable bonds is 5. The lowest BCUT2D eigenvalue weighted by Crippen LogP contribution is -2.29. The van der Waals surface area contributed by atoms with Gasteiger partial charge in [-0.15, -0.1) is 0 Å². The van der Waals surface area contributed by atoms with Gasteiger partial charge < -0.3 is 0 Å². The lowest BCUT2D eigenvalue weighted by molar-refractivity contribution is 0.550. The van der Waals surface area contributed by atoms with Gasteiger partial charge in [0.05, 0.1) is 10.9 Å². The summed E-state index contributed by atoms with van der Waals surface area (Å²) in [5.41, 5.74) is 5.98. The van der Waals surface area contributed by atoms with Crippen LogP contribution in [-0.2, 0) is 16.3 Å². The molecule has 0 saturated carbocycles. The Morgan fingerprint density at radius 3 is 2.38 bits per heavy atom. The van der Waals surface area contributed by atoms with Gasteiger partial charge in [0.2, 0.25) is 0 Å². The lowest BCUT2D eigenvalue weighted by Gasteiger charge is -2.17. The van der Waals surface area contributed by atoms with E-state index >= 15 is 0 Å². The van der Waals surface area contributed by atoms with Crippen molar-refractivity contribution in [2.75, 3.05) is 6.26 Å². The van der Waals surface area contributed by atoms with Crippen LogP contribution in [0.15, 0.2) is 53.4 Å². The van der Waals surface area contributed by atoms with Gasteiger partial charge in [-0.1, -0.05) is 42.0 Å². The molecule has 0 bridgehead atoms. The number of hydrazine groups is 1. The van der Waals surface area contributed by atoms with Crippen LogP contribution in [0.2, 0.25) is 0 Å². The first kappa shape index (κ1) is 15.7. The normalized spacial score (nSPS) is 13.1. The average Bonchev–Trinajstić information content (AvgIpc) is 2.46. The predicted octanol–water partition coefficient (Wildman–Crippen LogP) is 2.15. The molecule has 0 aliphatic heterocycles. The van der Waals surface area contributed by atoms with Gasteiger partial charge in [-0.2, -0.15) is 0 Å². The molecule has 2 rings (SSSR count). The third-order valence-electron chi connectivity index (χ3n) is 3.45. The molecule has 0 aliphatic carbocycles. The van der Waals surface area contributed by atoms with Crippen LogP contribution in [0.3, 0.4) is 0 Å². The molecule has 4 nitrogen and oxygen atoms in total. The Bertz CT molecular complexity index is 709. The lowest BCUT2D eigenvalue weighted by atomic mass is 9.99. The number of hydrogen-bond acceptors (Lipinski definition) is 4. The number of nitrogens with one attached hydrogen (secondary N) is 1. The van der Waals surface area contributed by atoms with Crippen molar-refractivity contribution in [2.24, 2.45) is 5.84 Å². The summed E-state index contributed by atoms with van der Waals surface area (Å²) in [4.78, 5) is 0.309. The van der Waals surface area contributed by atoms with Crippen LogP contribution in [0, 0.1) is 6.92 Å². The minimum Gasteiger partial charge on any atom is -0.271 e. The zero-order valence-electron chi connectivity index (χ0n) is 12.2. The van der Waals surface area contributed by atoms with Crippen molar-refractivity contribution in [3.63, 3.8) is 0 Å². The van der Waals surface area contributed by atoms with E-state index in [0.717, 1.165) is 11.1 Å². The predicted molar refractivity (Wildman–Crippen MR) is 84.5 cm³/mol. The highest BCUT2D eigenvalue weighted by Gasteiger charge is 2.14. The molecule has 0 radical (unpaired) electrons. The Kier molecular flexibility index (Phi) is 4.77. The second-order valence-electron chi connectivity index (χ2n) is 5.25. The van der Waals surface area contributed by atoms with E-state index < -0.39 is 9.84 Å². The first-order chi connectivity index (χ1) is 9.90. The highest BCUT2D eigenvalue weighted by Crippen LogP contribution is 2.21. The molecule has 1 atom stereocenters. The Morgan fingerprint density at radius 1 is 1.14 bits per heavy atom. The van der Waals surface area contributed by atoms with E-state index in [0.29, 0.717) is 11.3 Å². The third-order valence-corrected chi connectivity index (χ3v) is 4.56. The molecule has 5 heteroatoms. The summed E-state index contributed by atoms with van der Waals surface area (Å²) in [5.74, 6) is 5.64. The Morgan fingerprint density at radius 2 is 1.81 bits per heavy atom. The quantitative estimate of drug-likeness (QED) is 0.656. The summed E-state index contributed by atoms with van der Waals surface area (Å²) >= 11 is 0. The first-order valence-corrected chi connectivity index (χ1v) is 8.61. The Labute approximate surface area is 125 Å². The van der Waals surface area contributed by atoms with Crippen molar-refractivity contribution in [1.82, 2.24) is 5.43 Å². The van der Waals surface area contributed by atoms with Gasteiger partial charge in [0, 0.05) is 6.26 Å². The van der Waals surface area contributed by atoms with Crippen LogP contribution in [0.4, 0.5) is 0 Å². The molecule has 3 N–H and O–H groups in total. The fourth-order valence-corrected chi connectivity index (χ4v) is 2.87. The van der Waals surface area contributed by atoms with Crippen LogP contribution >= 0.6 is 0 Å². The molecule has 2 aromatic carbocycles. The molecule has 112 valence electrons. The van der Waals surface area contributed by atoms with Gasteiger partial charge in [-0.05, 0) is 36.6 Å². The maximum Gasteiger partial charge on any atom is 0.175 e. The summed E-state index contributed by atoms with van der Waals surface area (Å²) in [6.07, 6.45) is 1.90. The van der Waals surface area contributed by atoms with E-state index in [1.54, 1.807) is 18.2 Å². The van der Waals surface area contributed by atoms with Gasteiger partial charge in [-0.3, -0.25) is 11.3 Å². The van der Waals surface area contributed by atoms with Crippen molar-refractivity contribution < 1.29 is 8.42 Å². The van der Waals surface area contributed by atoms with Crippen LogP contribution < -0.4 is 11.3 Å². The second kappa shape index (κ2) is 6.39. The standard InChI is InChI=1S/C16H20N2O2S/c1-12-6-8-13(9-7-12)10-16(18-17)14-4-3-5-15(11-14)21(2,19)20/h3-9,11,16,18H,10,17H2,1-2H3. The third kappa shape index (κ3) is 4.14. The molecule has 21 heavy (non-hydrogen) atoms. The van der Waals surface area contributed by atoms with Crippen molar-refractivity contribution in [3.8, 4) is 0 Å². The van der Waals surface area contributed by atoms with E-state index in [-0.39, 0.29) is 6.04 Å². The summed E-state index contributed by atoms with van der Waals surface area (Å²) in [5, 5.41) is 0. The zero-order chi connectivity index (χ0) is 15.5.